The monoisotopic (exact) mass is 424 g/mol. The van der Waals surface area contributed by atoms with E-state index in [1.54, 1.807) is 12.1 Å². The van der Waals surface area contributed by atoms with Crippen molar-refractivity contribution in [2.45, 2.75) is 33.0 Å². The average molecular weight is 425 g/mol. The Morgan fingerprint density at radius 1 is 0.935 bits per heavy atom. The fourth-order valence-corrected chi connectivity index (χ4v) is 3.40. The molecule has 2 aromatic rings. The van der Waals surface area contributed by atoms with Crippen molar-refractivity contribution < 1.29 is 14.3 Å². The summed E-state index contributed by atoms with van der Waals surface area (Å²) >= 11 is 0. The fraction of sp³-hybridized carbons (Fsp3) is 0.417. The summed E-state index contributed by atoms with van der Waals surface area (Å²) in [6.07, 6.45) is 0.503. The number of hydrogen-bond donors (Lipinski definition) is 2. The predicted molar refractivity (Wildman–Crippen MR) is 122 cm³/mol. The van der Waals surface area contributed by atoms with Gasteiger partial charge in [-0.2, -0.15) is 0 Å². The highest BCUT2D eigenvalue weighted by Gasteiger charge is 2.17. The Morgan fingerprint density at radius 3 is 2.26 bits per heavy atom. The molecule has 0 saturated carbocycles. The molecule has 1 aliphatic heterocycles. The van der Waals surface area contributed by atoms with E-state index in [1.165, 1.54) is 5.69 Å². The lowest BCUT2D eigenvalue weighted by Crippen LogP contribution is -2.48. The second-order valence-corrected chi connectivity index (χ2v) is 7.97. The van der Waals surface area contributed by atoms with Crippen molar-refractivity contribution >= 4 is 17.5 Å². The number of rotatable bonds is 8. The number of carbonyl (C=O) groups excluding carboxylic acids is 2. The summed E-state index contributed by atoms with van der Waals surface area (Å²) in [5.41, 5.74) is 7.73. The largest absolute Gasteiger partial charge is 0.374 e. The van der Waals surface area contributed by atoms with Gasteiger partial charge in [-0.1, -0.05) is 30.3 Å². The van der Waals surface area contributed by atoms with Gasteiger partial charge in [-0.15, -0.1) is 0 Å². The highest BCUT2D eigenvalue weighted by Crippen LogP contribution is 2.15. The van der Waals surface area contributed by atoms with Crippen LogP contribution in [0.4, 0.5) is 5.69 Å². The summed E-state index contributed by atoms with van der Waals surface area (Å²) in [5.74, 6) is -0.526. The van der Waals surface area contributed by atoms with Crippen molar-refractivity contribution in [1.29, 1.82) is 0 Å². The Morgan fingerprint density at radius 2 is 1.61 bits per heavy atom. The number of nitrogens with zero attached hydrogens (tertiary/aromatic N) is 2. The number of piperazine rings is 1. The first kappa shape index (κ1) is 22.8. The first-order chi connectivity index (χ1) is 15.0. The molecule has 0 aromatic heterocycles. The summed E-state index contributed by atoms with van der Waals surface area (Å²) in [7, 11) is 0. The van der Waals surface area contributed by atoms with Gasteiger partial charge in [-0.05, 0) is 43.7 Å². The van der Waals surface area contributed by atoms with Crippen LogP contribution in [-0.2, 0) is 16.1 Å². The average Bonchev–Trinajstić information content (AvgIpc) is 2.81. The van der Waals surface area contributed by atoms with Crippen molar-refractivity contribution in [3.8, 4) is 0 Å². The molecule has 0 bridgehead atoms. The Balaban J connectivity index is 1.33. The number of amides is 2. The summed E-state index contributed by atoms with van der Waals surface area (Å²) < 4.78 is 5.55. The second kappa shape index (κ2) is 11.5. The van der Waals surface area contributed by atoms with Crippen LogP contribution in [0, 0.1) is 0 Å². The Labute approximate surface area is 184 Å². The number of ether oxygens (including phenoxy) is 1. The van der Waals surface area contributed by atoms with Crippen molar-refractivity contribution in [3.63, 3.8) is 0 Å². The number of para-hydroxylation sites is 1. The summed E-state index contributed by atoms with van der Waals surface area (Å²) in [6, 6.07) is 17.5. The number of carbonyl (C=O) groups is 2. The predicted octanol–water partition coefficient (Wildman–Crippen LogP) is 2.58. The van der Waals surface area contributed by atoms with E-state index in [0.29, 0.717) is 25.1 Å². The van der Waals surface area contributed by atoms with E-state index < -0.39 is 0 Å². The number of hydrazine groups is 1. The highest BCUT2D eigenvalue weighted by molar-refractivity contribution is 5.95. The van der Waals surface area contributed by atoms with E-state index in [0.717, 1.165) is 31.7 Å². The molecule has 0 aliphatic carbocycles. The lowest BCUT2D eigenvalue weighted by molar-refractivity contribution is -0.122. The molecular formula is C24H32N4O3. The van der Waals surface area contributed by atoms with Gasteiger partial charge in [0.15, 0.2) is 0 Å². The lowest BCUT2D eigenvalue weighted by Gasteiger charge is -2.36. The molecule has 0 spiro atoms. The van der Waals surface area contributed by atoms with Gasteiger partial charge in [0.1, 0.15) is 0 Å². The third kappa shape index (κ3) is 7.38. The maximum absolute atomic E-state index is 12.2. The number of anilines is 1. The summed E-state index contributed by atoms with van der Waals surface area (Å²) in [4.78, 5) is 29.0. The lowest BCUT2D eigenvalue weighted by atomic mass is 10.1. The van der Waals surface area contributed by atoms with Gasteiger partial charge in [-0.3, -0.25) is 25.3 Å². The van der Waals surface area contributed by atoms with E-state index in [1.807, 2.05) is 32.0 Å². The van der Waals surface area contributed by atoms with Crippen molar-refractivity contribution in [2.24, 2.45) is 0 Å². The number of benzene rings is 2. The minimum atomic E-state index is -0.332. The third-order valence-electron chi connectivity index (χ3n) is 5.26. The number of nitrogens with one attached hydrogen (secondary N) is 2. The second-order valence-electron chi connectivity index (χ2n) is 7.97. The van der Waals surface area contributed by atoms with Crippen LogP contribution in [0.15, 0.2) is 54.6 Å². The minimum absolute atomic E-state index is 0.158. The van der Waals surface area contributed by atoms with Crippen molar-refractivity contribution in [2.75, 3.05) is 37.6 Å². The van der Waals surface area contributed by atoms with E-state index in [-0.39, 0.29) is 17.9 Å². The molecule has 1 heterocycles. The molecule has 1 aliphatic rings. The topological polar surface area (TPSA) is 73.9 Å². The quantitative estimate of drug-likeness (QED) is 0.638. The van der Waals surface area contributed by atoms with Gasteiger partial charge in [0.25, 0.3) is 5.91 Å². The highest BCUT2D eigenvalue weighted by atomic mass is 16.5. The van der Waals surface area contributed by atoms with E-state index in [4.69, 9.17) is 4.74 Å². The molecular weight excluding hydrogens is 392 g/mol. The molecule has 0 radical (unpaired) electrons. The molecule has 0 atom stereocenters. The third-order valence-corrected chi connectivity index (χ3v) is 5.26. The van der Waals surface area contributed by atoms with Crippen LogP contribution < -0.4 is 15.8 Å². The molecule has 1 saturated heterocycles. The zero-order valence-electron chi connectivity index (χ0n) is 18.3. The Kier molecular flexibility index (Phi) is 8.44. The number of hydrogen-bond acceptors (Lipinski definition) is 5. The molecule has 2 aromatic carbocycles. The molecule has 2 N–H and O–H groups in total. The van der Waals surface area contributed by atoms with Crippen LogP contribution in [0.5, 0.6) is 0 Å². The molecule has 31 heavy (non-hydrogen) atoms. The standard InChI is InChI=1S/C24H32N4O3/c1-19(2)31-18-20-8-10-21(11-9-20)24(30)26-25-23(29)12-13-27-14-16-28(17-15-27)22-6-4-3-5-7-22/h3-11,19H,12-18H2,1-2H3,(H,25,29)(H,26,30). The zero-order chi connectivity index (χ0) is 22.1. The van der Waals surface area contributed by atoms with Crippen LogP contribution in [0.25, 0.3) is 0 Å². The van der Waals surface area contributed by atoms with Gasteiger partial charge in [-0.25, -0.2) is 0 Å². The fourth-order valence-electron chi connectivity index (χ4n) is 3.40. The van der Waals surface area contributed by atoms with E-state index in [9.17, 15) is 9.59 Å². The van der Waals surface area contributed by atoms with Crippen LogP contribution in [0.3, 0.4) is 0 Å². The molecule has 0 unspecified atom stereocenters. The normalized spacial score (nSPS) is 14.5. The van der Waals surface area contributed by atoms with E-state index in [2.05, 4.69) is 44.9 Å². The summed E-state index contributed by atoms with van der Waals surface area (Å²) in [6.45, 7) is 8.87. The maximum atomic E-state index is 12.2. The molecule has 7 nitrogen and oxygen atoms in total. The molecule has 3 rings (SSSR count). The first-order valence-electron chi connectivity index (χ1n) is 10.8. The van der Waals surface area contributed by atoms with Gasteiger partial charge in [0.2, 0.25) is 5.91 Å². The van der Waals surface area contributed by atoms with Crippen LogP contribution in [0.1, 0.15) is 36.2 Å². The molecule has 1 fully saturated rings. The van der Waals surface area contributed by atoms with Crippen molar-refractivity contribution in [1.82, 2.24) is 15.8 Å². The van der Waals surface area contributed by atoms with Crippen LogP contribution in [0.2, 0.25) is 0 Å². The van der Waals surface area contributed by atoms with Crippen LogP contribution in [-0.4, -0.2) is 55.5 Å². The molecule has 7 heteroatoms. The minimum Gasteiger partial charge on any atom is -0.374 e. The smallest absolute Gasteiger partial charge is 0.269 e. The summed E-state index contributed by atoms with van der Waals surface area (Å²) in [5, 5.41) is 0. The maximum Gasteiger partial charge on any atom is 0.269 e. The van der Waals surface area contributed by atoms with E-state index >= 15 is 0 Å². The van der Waals surface area contributed by atoms with Gasteiger partial charge in [0, 0.05) is 50.4 Å². The SMILES string of the molecule is CC(C)OCc1ccc(C(=O)NNC(=O)CCN2CCN(c3ccccc3)CC2)cc1. The Hall–Kier alpha value is -2.90. The van der Waals surface area contributed by atoms with Crippen molar-refractivity contribution in [3.05, 3.63) is 65.7 Å². The molecule has 166 valence electrons. The van der Waals surface area contributed by atoms with Crippen LogP contribution >= 0.6 is 0 Å². The zero-order valence-corrected chi connectivity index (χ0v) is 18.3. The van der Waals surface area contributed by atoms with Gasteiger partial charge < -0.3 is 9.64 Å². The Bertz CT molecular complexity index is 832. The van der Waals surface area contributed by atoms with Gasteiger partial charge >= 0.3 is 0 Å². The first-order valence-corrected chi connectivity index (χ1v) is 10.8. The van der Waals surface area contributed by atoms with Gasteiger partial charge in [0.05, 0.1) is 12.7 Å². The molecule has 2 amide bonds.